The van der Waals surface area contributed by atoms with Gasteiger partial charge in [0, 0.05) is 12.0 Å². The zero-order chi connectivity index (χ0) is 18.2. The Kier molecular flexibility index (Phi) is 6.04. The van der Waals surface area contributed by atoms with Crippen LogP contribution in [-0.2, 0) is 23.0 Å². The summed E-state index contributed by atoms with van der Waals surface area (Å²) in [5.41, 5.74) is 1.94. The highest BCUT2D eigenvalue weighted by Gasteiger charge is 2.20. The summed E-state index contributed by atoms with van der Waals surface area (Å²) in [7, 11) is -3.57. The average Bonchev–Trinajstić information content (AvgIpc) is 3.18. The highest BCUT2D eigenvalue weighted by molar-refractivity contribution is 7.92. The van der Waals surface area contributed by atoms with E-state index in [1.54, 1.807) is 24.5 Å². The van der Waals surface area contributed by atoms with Crippen LogP contribution in [-0.4, -0.2) is 19.3 Å². The van der Waals surface area contributed by atoms with E-state index in [4.69, 9.17) is 4.42 Å². The first-order valence-electron chi connectivity index (χ1n) is 8.43. The molecule has 5 heteroatoms. The van der Waals surface area contributed by atoms with Gasteiger partial charge in [0.2, 0.25) is 10.0 Å². The summed E-state index contributed by atoms with van der Waals surface area (Å²) >= 11 is 0. The van der Waals surface area contributed by atoms with Crippen molar-refractivity contribution in [3.05, 3.63) is 101 Å². The monoisotopic (exact) mass is 367 g/mol. The van der Waals surface area contributed by atoms with Crippen molar-refractivity contribution in [2.24, 2.45) is 0 Å². The molecule has 3 rings (SSSR count). The maximum atomic E-state index is 12.8. The Morgan fingerprint density at radius 1 is 0.885 bits per heavy atom. The van der Waals surface area contributed by atoms with Gasteiger partial charge in [-0.15, -0.1) is 0 Å². The van der Waals surface area contributed by atoms with Gasteiger partial charge >= 0.3 is 0 Å². The molecule has 2 aromatic carbocycles. The Bertz CT molecular complexity index is 918. The molecule has 0 amide bonds. The Hall–Kier alpha value is -2.63. The maximum Gasteiger partial charge on any atom is 0.236 e. The summed E-state index contributed by atoms with van der Waals surface area (Å²) in [5.74, 6) is 0.620. The summed E-state index contributed by atoms with van der Waals surface area (Å²) < 4.78 is 32.5. The van der Waals surface area contributed by atoms with Crippen LogP contribution in [0.2, 0.25) is 0 Å². The molecule has 1 aromatic heterocycles. The molecular weight excluding hydrogens is 346 g/mol. The number of rotatable bonds is 8. The first-order valence-corrected chi connectivity index (χ1v) is 9.93. The van der Waals surface area contributed by atoms with Gasteiger partial charge in [-0.25, -0.2) is 8.42 Å². The van der Waals surface area contributed by atoms with Gasteiger partial charge in [0.05, 0.1) is 12.8 Å². The first kappa shape index (κ1) is 18.2. The van der Waals surface area contributed by atoms with Gasteiger partial charge in [-0.2, -0.15) is 4.31 Å². The van der Waals surface area contributed by atoms with Crippen molar-refractivity contribution in [3.8, 4) is 0 Å². The minimum absolute atomic E-state index is 0.210. The van der Waals surface area contributed by atoms with Gasteiger partial charge in [-0.05, 0) is 35.8 Å². The topological polar surface area (TPSA) is 50.5 Å². The van der Waals surface area contributed by atoms with Crippen LogP contribution < -0.4 is 0 Å². The van der Waals surface area contributed by atoms with Crippen LogP contribution in [0.5, 0.6) is 0 Å². The van der Waals surface area contributed by atoms with Gasteiger partial charge in [0.25, 0.3) is 0 Å². The number of nitrogens with zero attached hydrogens (tertiary/aromatic N) is 1. The van der Waals surface area contributed by atoms with Crippen LogP contribution in [0.3, 0.4) is 0 Å². The zero-order valence-corrected chi connectivity index (χ0v) is 15.2. The fourth-order valence-electron chi connectivity index (χ4n) is 2.59. The van der Waals surface area contributed by atoms with Crippen molar-refractivity contribution in [2.45, 2.75) is 13.0 Å². The minimum atomic E-state index is -3.57. The van der Waals surface area contributed by atoms with Crippen LogP contribution in [0.4, 0.5) is 0 Å². The molecule has 1 heterocycles. The molecule has 26 heavy (non-hydrogen) atoms. The summed E-state index contributed by atoms with van der Waals surface area (Å²) in [5, 5.41) is 1.26. The van der Waals surface area contributed by atoms with E-state index in [-0.39, 0.29) is 6.54 Å². The fourth-order valence-corrected chi connectivity index (χ4v) is 3.74. The predicted octanol–water partition coefficient (Wildman–Crippen LogP) is 4.33. The number of hydrogen-bond donors (Lipinski definition) is 0. The lowest BCUT2D eigenvalue weighted by atomic mass is 10.1. The molecule has 0 N–H and O–H groups in total. The summed E-state index contributed by atoms with van der Waals surface area (Å²) in [4.78, 5) is 0. The zero-order valence-electron chi connectivity index (χ0n) is 14.4. The Morgan fingerprint density at radius 3 is 2.23 bits per heavy atom. The standard InChI is InChI=1S/C21H21NO3S/c23-26(24,17-14-20-10-5-2-6-11-20)22(18-21-12-7-16-25-21)15-13-19-8-3-1-4-9-19/h1-12,14,16-17H,13,15,18H2. The highest BCUT2D eigenvalue weighted by atomic mass is 32.2. The molecule has 4 nitrogen and oxygen atoms in total. The van der Waals surface area contributed by atoms with Gasteiger partial charge in [0.1, 0.15) is 5.76 Å². The molecule has 0 aliphatic rings. The molecule has 0 aliphatic heterocycles. The van der Waals surface area contributed by atoms with Gasteiger partial charge in [0.15, 0.2) is 0 Å². The second-order valence-electron chi connectivity index (χ2n) is 5.91. The predicted molar refractivity (Wildman–Crippen MR) is 104 cm³/mol. The smallest absolute Gasteiger partial charge is 0.236 e. The molecule has 3 aromatic rings. The second-order valence-corrected chi connectivity index (χ2v) is 7.73. The molecule has 0 bridgehead atoms. The van der Waals surface area contributed by atoms with Crippen molar-refractivity contribution in [2.75, 3.05) is 6.54 Å². The third kappa shape index (κ3) is 5.18. The van der Waals surface area contributed by atoms with E-state index in [0.717, 1.165) is 11.1 Å². The average molecular weight is 367 g/mol. The van der Waals surface area contributed by atoms with Gasteiger partial charge in [-0.3, -0.25) is 0 Å². The summed E-state index contributed by atoms with van der Waals surface area (Å²) in [6.45, 7) is 0.591. The summed E-state index contributed by atoms with van der Waals surface area (Å²) in [6.07, 6.45) is 3.81. The first-order chi connectivity index (χ1) is 12.6. The third-order valence-electron chi connectivity index (χ3n) is 4.00. The molecular formula is C21H21NO3S. The molecule has 0 saturated carbocycles. The van der Waals surface area contributed by atoms with Crippen molar-refractivity contribution >= 4 is 16.1 Å². The van der Waals surface area contributed by atoms with Crippen LogP contribution >= 0.6 is 0 Å². The largest absolute Gasteiger partial charge is 0.468 e. The Balaban J connectivity index is 1.77. The summed E-state index contributed by atoms with van der Waals surface area (Å²) in [6, 6.07) is 22.8. The molecule has 0 aliphatic carbocycles. The van der Waals surface area contributed by atoms with E-state index in [0.29, 0.717) is 18.7 Å². The maximum absolute atomic E-state index is 12.8. The molecule has 0 fully saturated rings. The minimum Gasteiger partial charge on any atom is -0.468 e. The SMILES string of the molecule is O=S(=O)(C=Cc1ccccc1)N(CCc1ccccc1)Cc1ccco1. The molecule has 0 atom stereocenters. The van der Waals surface area contributed by atoms with E-state index in [9.17, 15) is 8.42 Å². The van der Waals surface area contributed by atoms with Crippen molar-refractivity contribution < 1.29 is 12.8 Å². The normalized spacial score (nSPS) is 12.0. The number of furan rings is 1. The van der Waals surface area contributed by atoms with Crippen molar-refractivity contribution in [1.82, 2.24) is 4.31 Å². The van der Waals surface area contributed by atoms with Crippen LogP contribution in [0, 0.1) is 0 Å². The number of benzene rings is 2. The lowest BCUT2D eigenvalue weighted by Crippen LogP contribution is -2.30. The van der Waals surface area contributed by atoms with E-state index in [1.807, 2.05) is 60.7 Å². The fraction of sp³-hybridized carbons (Fsp3) is 0.143. The van der Waals surface area contributed by atoms with E-state index < -0.39 is 10.0 Å². The lowest BCUT2D eigenvalue weighted by Gasteiger charge is -2.19. The Labute approximate surface area is 154 Å². The van der Waals surface area contributed by atoms with E-state index in [2.05, 4.69) is 0 Å². The molecule has 0 radical (unpaired) electrons. The molecule has 0 unspecified atom stereocenters. The third-order valence-corrected chi connectivity index (χ3v) is 5.51. The van der Waals surface area contributed by atoms with Gasteiger partial charge < -0.3 is 4.42 Å². The van der Waals surface area contributed by atoms with E-state index in [1.165, 1.54) is 9.71 Å². The highest BCUT2D eigenvalue weighted by Crippen LogP contribution is 2.14. The molecule has 0 spiro atoms. The van der Waals surface area contributed by atoms with Crippen LogP contribution in [0.15, 0.2) is 88.9 Å². The van der Waals surface area contributed by atoms with Crippen molar-refractivity contribution in [3.63, 3.8) is 0 Å². The van der Waals surface area contributed by atoms with Crippen LogP contribution in [0.25, 0.3) is 6.08 Å². The number of sulfonamides is 1. The van der Waals surface area contributed by atoms with E-state index >= 15 is 0 Å². The number of hydrogen-bond acceptors (Lipinski definition) is 3. The van der Waals surface area contributed by atoms with Crippen LogP contribution in [0.1, 0.15) is 16.9 Å². The second kappa shape index (κ2) is 8.65. The molecule has 134 valence electrons. The van der Waals surface area contributed by atoms with Crippen molar-refractivity contribution in [1.29, 1.82) is 0 Å². The lowest BCUT2D eigenvalue weighted by molar-refractivity contribution is 0.370. The molecule has 0 saturated heterocycles. The quantitative estimate of drug-likeness (QED) is 0.596. The van der Waals surface area contributed by atoms with Gasteiger partial charge in [-0.1, -0.05) is 60.7 Å². The Morgan fingerprint density at radius 2 is 1.58 bits per heavy atom.